The number of carbonyl (C=O) groups is 3. The molecule has 1 saturated heterocycles. The molecule has 2 amide bonds. The Kier molecular flexibility index (Phi) is 5.27. The van der Waals surface area contributed by atoms with E-state index in [0.717, 1.165) is 4.90 Å². The molecule has 1 atom stereocenters. The van der Waals surface area contributed by atoms with Crippen molar-refractivity contribution in [2.45, 2.75) is 45.7 Å². The summed E-state index contributed by atoms with van der Waals surface area (Å²) in [7, 11) is 0. The largest absolute Gasteiger partial charge is 0.465 e. The standard InChI is InChI=1S/C12H20N2O4/c1-4-18-12(17)9(13-8(2)3)7-14-10(15)5-6-11(14)16/h8-9,13H,4-7H2,1-3H3. The van der Waals surface area contributed by atoms with E-state index in [1.54, 1.807) is 6.92 Å². The average molecular weight is 256 g/mol. The van der Waals surface area contributed by atoms with Crippen LogP contribution in [0.3, 0.4) is 0 Å². The highest BCUT2D eigenvalue weighted by molar-refractivity contribution is 6.02. The number of imide groups is 1. The third kappa shape index (κ3) is 3.80. The smallest absolute Gasteiger partial charge is 0.325 e. The fourth-order valence-corrected chi connectivity index (χ4v) is 1.85. The molecular formula is C12H20N2O4. The van der Waals surface area contributed by atoms with Crippen LogP contribution < -0.4 is 5.32 Å². The van der Waals surface area contributed by atoms with Crippen LogP contribution in [0.4, 0.5) is 0 Å². The number of amides is 2. The number of rotatable bonds is 6. The van der Waals surface area contributed by atoms with E-state index in [2.05, 4.69) is 5.32 Å². The van der Waals surface area contributed by atoms with Gasteiger partial charge in [-0.2, -0.15) is 0 Å². The van der Waals surface area contributed by atoms with E-state index in [9.17, 15) is 14.4 Å². The molecule has 1 fully saturated rings. The van der Waals surface area contributed by atoms with E-state index in [1.807, 2.05) is 13.8 Å². The molecule has 18 heavy (non-hydrogen) atoms. The molecule has 0 saturated carbocycles. The number of carbonyl (C=O) groups excluding carboxylic acids is 3. The van der Waals surface area contributed by atoms with Crippen molar-refractivity contribution in [1.82, 2.24) is 10.2 Å². The molecule has 102 valence electrons. The van der Waals surface area contributed by atoms with Crippen LogP contribution in [0, 0.1) is 0 Å². The first-order chi connectivity index (χ1) is 8.45. The predicted molar refractivity (Wildman–Crippen MR) is 64.6 cm³/mol. The van der Waals surface area contributed by atoms with Crippen molar-refractivity contribution in [1.29, 1.82) is 0 Å². The van der Waals surface area contributed by atoms with Crippen LogP contribution in [0.15, 0.2) is 0 Å². The lowest BCUT2D eigenvalue weighted by Crippen LogP contribution is -2.50. The van der Waals surface area contributed by atoms with Gasteiger partial charge in [-0.25, -0.2) is 0 Å². The maximum absolute atomic E-state index is 11.7. The van der Waals surface area contributed by atoms with Gasteiger partial charge in [-0.1, -0.05) is 13.8 Å². The summed E-state index contributed by atoms with van der Waals surface area (Å²) in [5, 5.41) is 3.01. The maximum atomic E-state index is 11.7. The van der Waals surface area contributed by atoms with Crippen LogP contribution in [0.5, 0.6) is 0 Å². The summed E-state index contributed by atoms with van der Waals surface area (Å²) >= 11 is 0. The minimum Gasteiger partial charge on any atom is -0.465 e. The molecule has 0 aliphatic carbocycles. The first-order valence-electron chi connectivity index (χ1n) is 6.21. The maximum Gasteiger partial charge on any atom is 0.325 e. The molecule has 1 aliphatic rings. The van der Waals surface area contributed by atoms with Gasteiger partial charge in [0, 0.05) is 18.9 Å². The molecule has 0 aromatic heterocycles. The van der Waals surface area contributed by atoms with Crippen LogP contribution in [-0.4, -0.2) is 47.9 Å². The Hall–Kier alpha value is -1.43. The normalized spacial score (nSPS) is 17.4. The Bertz CT molecular complexity index is 325. The zero-order valence-corrected chi connectivity index (χ0v) is 11.1. The average Bonchev–Trinajstić information content (AvgIpc) is 2.59. The van der Waals surface area contributed by atoms with Crippen LogP contribution in [0.25, 0.3) is 0 Å². The summed E-state index contributed by atoms with van der Waals surface area (Å²) in [6.45, 7) is 5.82. The topological polar surface area (TPSA) is 75.7 Å². The van der Waals surface area contributed by atoms with E-state index in [-0.39, 0.29) is 43.8 Å². The summed E-state index contributed by atoms with van der Waals surface area (Å²) in [6, 6.07) is -0.594. The van der Waals surface area contributed by atoms with Crippen LogP contribution >= 0.6 is 0 Å². The summed E-state index contributed by atoms with van der Waals surface area (Å²) < 4.78 is 4.93. The van der Waals surface area contributed by atoms with Crippen molar-refractivity contribution in [3.8, 4) is 0 Å². The minimum absolute atomic E-state index is 0.0503. The van der Waals surface area contributed by atoms with E-state index in [0.29, 0.717) is 0 Å². The van der Waals surface area contributed by atoms with Gasteiger partial charge in [0.25, 0.3) is 0 Å². The van der Waals surface area contributed by atoms with Gasteiger partial charge in [0.2, 0.25) is 11.8 Å². The molecule has 0 radical (unpaired) electrons. The van der Waals surface area contributed by atoms with E-state index < -0.39 is 12.0 Å². The molecule has 1 unspecified atom stereocenters. The molecule has 1 heterocycles. The van der Waals surface area contributed by atoms with E-state index in [4.69, 9.17) is 4.74 Å². The Labute approximate surface area is 107 Å². The lowest BCUT2D eigenvalue weighted by Gasteiger charge is -2.23. The molecule has 0 aromatic carbocycles. The van der Waals surface area contributed by atoms with Crippen molar-refractivity contribution in [2.75, 3.05) is 13.2 Å². The Morgan fingerprint density at radius 1 is 1.33 bits per heavy atom. The second-order valence-corrected chi connectivity index (χ2v) is 4.52. The number of hydrogen-bond donors (Lipinski definition) is 1. The summed E-state index contributed by atoms with van der Waals surface area (Å²) in [6.07, 6.45) is 0.464. The van der Waals surface area contributed by atoms with Gasteiger partial charge in [-0.15, -0.1) is 0 Å². The highest BCUT2D eigenvalue weighted by Crippen LogP contribution is 2.12. The second kappa shape index (κ2) is 6.49. The first-order valence-corrected chi connectivity index (χ1v) is 6.21. The fourth-order valence-electron chi connectivity index (χ4n) is 1.85. The van der Waals surface area contributed by atoms with Gasteiger partial charge in [0.15, 0.2) is 0 Å². The monoisotopic (exact) mass is 256 g/mol. The van der Waals surface area contributed by atoms with Gasteiger partial charge in [0.05, 0.1) is 13.2 Å². The number of esters is 1. The summed E-state index contributed by atoms with van der Waals surface area (Å²) in [5.41, 5.74) is 0. The Morgan fingerprint density at radius 2 is 1.89 bits per heavy atom. The predicted octanol–water partition coefficient (Wildman–Crippen LogP) is 0.0651. The molecule has 6 nitrogen and oxygen atoms in total. The van der Waals surface area contributed by atoms with Gasteiger partial charge < -0.3 is 10.1 Å². The summed E-state index contributed by atoms with van der Waals surface area (Å²) in [4.78, 5) is 35.9. The minimum atomic E-state index is -0.657. The molecular weight excluding hydrogens is 236 g/mol. The second-order valence-electron chi connectivity index (χ2n) is 4.52. The third-order valence-corrected chi connectivity index (χ3v) is 2.63. The van der Waals surface area contributed by atoms with Crippen molar-refractivity contribution < 1.29 is 19.1 Å². The van der Waals surface area contributed by atoms with Gasteiger partial charge in [-0.05, 0) is 6.92 Å². The van der Waals surface area contributed by atoms with Crippen molar-refractivity contribution in [3.63, 3.8) is 0 Å². The van der Waals surface area contributed by atoms with Crippen molar-refractivity contribution in [3.05, 3.63) is 0 Å². The Morgan fingerprint density at radius 3 is 2.33 bits per heavy atom. The van der Waals surface area contributed by atoms with Crippen molar-refractivity contribution in [2.24, 2.45) is 0 Å². The lowest BCUT2D eigenvalue weighted by molar-refractivity contribution is -0.147. The summed E-state index contributed by atoms with van der Waals surface area (Å²) in [5.74, 6) is -0.876. The SMILES string of the molecule is CCOC(=O)C(CN1C(=O)CCC1=O)NC(C)C. The van der Waals surface area contributed by atoms with Crippen LogP contribution in [0.1, 0.15) is 33.6 Å². The molecule has 0 aromatic rings. The quantitative estimate of drug-likeness (QED) is 0.537. The van der Waals surface area contributed by atoms with Gasteiger partial charge in [-0.3, -0.25) is 19.3 Å². The number of nitrogens with one attached hydrogen (secondary N) is 1. The Balaban J connectivity index is 2.68. The zero-order valence-electron chi connectivity index (χ0n) is 11.1. The van der Waals surface area contributed by atoms with Gasteiger partial charge >= 0.3 is 5.97 Å². The first kappa shape index (κ1) is 14.6. The highest BCUT2D eigenvalue weighted by Gasteiger charge is 2.33. The lowest BCUT2D eigenvalue weighted by atomic mass is 10.2. The van der Waals surface area contributed by atoms with E-state index in [1.165, 1.54) is 0 Å². The highest BCUT2D eigenvalue weighted by atomic mass is 16.5. The number of ether oxygens (including phenoxy) is 1. The molecule has 0 spiro atoms. The number of nitrogens with zero attached hydrogens (tertiary/aromatic N) is 1. The van der Waals surface area contributed by atoms with Crippen LogP contribution in [-0.2, 0) is 19.1 Å². The molecule has 1 aliphatic heterocycles. The number of hydrogen-bond acceptors (Lipinski definition) is 5. The molecule has 1 rings (SSSR count). The molecule has 0 bridgehead atoms. The third-order valence-electron chi connectivity index (χ3n) is 2.63. The molecule has 6 heteroatoms. The molecule has 1 N–H and O–H groups in total. The van der Waals surface area contributed by atoms with E-state index >= 15 is 0 Å². The fraction of sp³-hybridized carbons (Fsp3) is 0.750. The van der Waals surface area contributed by atoms with Gasteiger partial charge in [0.1, 0.15) is 6.04 Å². The number of likely N-dealkylation sites (tertiary alicyclic amines) is 1. The van der Waals surface area contributed by atoms with Crippen molar-refractivity contribution >= 4 is 17.8 Å². The zero-order chi connectivity index (χ0) is 13.7. The van der Waals surface area contributed by atoms with Crippen LogP contribution in [0.2, 0.25) is 0 Å².